The molecular formula is C21H21N3O4S. The van der Waals surface area contributed by atoms with Crippen molar-refractivity contribution in [2.75, 3.05) is 25.5 Å². The number of rotatable bonds is 4. The first-order valence-corrected chi connectivity index (χ1v) is 9.59. The first-order valence-electron chi connectivity index (χ1n) is 9.18. The van der Waals surface area contributed by atoms with E-state index in [1.54, 1.807) is 24.3 Å². The maximum atomic E-state index is 12.4. The maximum absolute atomic E-state index is 12.4. The molecular weight excluding hydrogens is 390 g/mol. The smallest absolute Gasteiger partial charge is 0.337 e. The number of anilines is 1. The predicted octanol–water partition coefficient (Wildman–Crippen LogP) is 2.84. The van der Waals surface area contributed by atoms with Crippen molar-refractivity contribution < 1.29 is 19.1 Å². The summed E-state index contributed by atoms with van der Waals surface area (Å²) in [5.41, 5.74) is 1.99. The first-order chi connectivity index (χ1) is 14.0. The number of hydrogen-bond acceptors (Lipinski definition) is 5. The van der Waals surface area contributed by atoms with Crippen LogP contribution in [0.25, 0.3) is 0 Å². The van der Waals surface area contributed by atoms with Gasteiger partial charge in [0.1, 0.15) is 0 Å². The van der Waals surface area contributed by atoms with Gasteiger partial charge < -0.3 is 15.0 Å². The SMILES string of the molecule is COC(=O)c1ccc(C(=O)NC(=S)Nc2ccc(C(=O)N3CCCC3)cc2)cc1. The zero-order chi connectivity index (χ0) is 20.8. The molecule has 0 bridgehead atoms. The average Bonchev–Trinajstić information content (AvgIpc) is 3.28. The molecule has 1 aliphatic rings. The molecule has 8 heteroatoms. The van der Waals surface area contributed by atoms with Crippen LogP contribution in [-0.4, -0.2) is 48.0 Å². The fraction of sp³-hybridized carbons (Fsp3) is 0.238. The van der Waals surface area contributed by atoms with Crippen LogP contribution >= 0.6 is 12.2 Å². The summed E-state index contributed by atoms with van der Waals surface area (Å²) in [7, 11) is 1.29. The van der Waals surface area contributed by atoms with Gasteiger partial charge in [-0.2, -0.15) is 0 Å². The monoisotopic (exact) mass is 411 g/mol. The Kier molecular flexibility index (Phi) is 6.56. The molecule has 7 nitrogen and oxygen atoms in total. The number of esters is 1. The highest BCUT2D eigenvalue weighted by molar-refractivity contribution is 7.80. The van der Waals surface area contributed by atoms with Crippen LogP contribution in [-0.2, 0) is 4.74 Å². The van der Waals surface area contributed by atoms with E-state index in [2.05, 4.69) is 15.4 Å². The lowest BCUT2D eigenvalue weighted by Gasteiger charge is -2.15. The summed E-state index contributed by atoms with van der Waals surface area (Å²) in [6.07, 6.45) is 2.09. The van der Waals surface area contributed by atoms with Crippen molar-refractivity contribution in [3.8, 4) is 0 Å². The normalized spacial score (nSPS) is 12.9. The molecule has 0 aliphatic carbocycles. The molecule has 0 spiro atoms. The second-order valence-electron chi connectivity index (χ2n) is 6.55. The third-order valence-corrected chi connectivity index (χ3v) is 4.78. The van der Waals surface area contributed by atoms with Crippen molar-refractivity contribution >= 4 is 40.8 Å². The number of nitrogens with zero attached hydrogens (tertiary/aromatic N) is 1. The number of benzene rings is 2. The van der Waals surface area contributed by atoms with Crippen LogP contribution < -0.4 is 10.6 Å². The van der Waals surface area contributed by atoms with Crippen molar-refractivity contribution in [3.63, 3.8) is 0 Å². The second-order valence-corrected chi connectivity index (χ2v) is 6.96. The number of ether oxygens (including phenoxy) is 1. The molecule has 2 amide bonds. The molecule has 3 rings (SSSR count). The highest BCUT2D eigenvalue weighted by atomic mass is 32.1. The van der Waals surface area contributed by atoms with E-state index in [0.717, 1.165) is 25.9 Å². The molecule has 0 atom stereocenters. The third kappa shape index (κ3) is 5.17. The molecule has 150 valence electrons. The number of nitrogens with one attached hydrogen (secondary N) is 2. The third-order valence-electron chi connectivity index (χ3n) is 4.58. The van der Waals surface area contributed by atoms with E-state index in [1.165, 1.54) is 31.4 Å². The Morgan fingerprint density at radius 1 is 0.897 bits per heavy atom. The number of thiocarbonyl (C=S) groups is 1. The van der Waals surface area contributed by atoms with Crippen LogP contribution in [0.4, 0.5) is 5.69 Å². The lowest BCUT2D eigenvalue weighted by molar-refractivity contribution is 0.0600. The highest BCUT2D eigenvalue weighted by Crippen LogP contribution is 2.15. The second kappa shape index (κ2) is 9.29. The van der Waals surface area contributed by atoms with Crippen molar-refractivity contribution in [3.05, 3.63) is 65.2 Å². The Hall–Kier alpha value is -3.26. The van der Waals surface area contributed by atoms with Crippen molar-refractivity contribution in [2.24, 2.45) is 0 Å². The molecule has 0 unspecified atom stereocenters. The van der Waals surface area contributed by atoms with Gasteiger partial charge in [-0.25, -0.2) is 4.79 Å². The maximum Gasteiger partial charge on any atom is 0.337 e. The van der Waals surface area contributed by atoms with Gasteiger partial charge in [-0.15, -0.1) is 0 Å². The number of likely N-dealkylation sites (tertiary alicyclic amines) is 1. The van der Waals surface area contributed by atoms with E-state index < -0.39 is 11.9 Å². The molecule has 1 fully saturated rings. The van der Waals surface area contributed by atoms with Crippen LogP contribution in [0.2, 0.25) is 0 Å². The summed E-state index contributed by atoms with van der Waals surface area (Å²) >= 11 is 5.18. The number of amides is 2. The molecule has 1 aliphatic heterocycles. The van der Waals surface area contributed by atoms with Crippen molar-refractivity contribution in [1.29, 1.82) is 0 Å². The fourth-order valence-corrected chi connectivity index (χ4v) is 3.22. The van der Waals surface area contributed by atoms with Crippen LogP contribution in [0.3, 0.4) is 0 Å². The molecule has 0 saturated carbocycles. The largest absolute Gasteiger partial charge is 0.465 e. The molecule has 2 aromatic carbocycles. The van der Waals surface area contributed by atoms with E-state index in [4.69, 9.17) is 12.2 Å². The van der Waals surface area contributed by atoms with Crippen LogP contribution in [0.5, 0.6) is 0 Å². The first kappa shape index (κ1) is 20.5. The minimum absolute atomic E-state index is 0.0281. The molecule has 29 heavy (non-hydrogen) atoms. The fourth-order valence-electron chi connectivity index (χ4n) is 3.01. The Balaban J connectivity index is 1.55. The van der Waals surface area contributed by atoms with Crippen molar-refractivity contribution in [2.45, 2.75) is 12.8 Å². The van der Waals surface area contributed by atoms with Gasteiger partial charge in [0.25, 0.3) is 11.8 Å². The number of methoxy groups -OCH3 is 1. The summed E-state index contributed by atoms with van der Waals surface area (Å²) in [5.74, 6) is -0.846. The van der Waals surface area contributed by atoms with Gasteiger partial charge in [0.05, 0.1) is 12.7 Å². The van der Waals surface area contributed by atoms with Gasteiger partial charge in [-0.3, -0.25) is 14.9 Å². The van der Waals surface area contributed by atoms with Crippen LogP contribution in [0, 0.1) is 0 Å². The van der Waals surface area contributed by atoms with Gasteiger partial charge >= 0.3 is 5.97 Å². The summed E-state index contributed by atoms with van der Waals surface area (Å²) in [5, 5.41) is 5.63. The van der Waals surface area contributed by atoms with E-state index in [9.17, 15) is 14.4 Å². The zero-order valence-corrected chi connectivity index (χ0v) is 16.8. The highest BCUT2D eigenvalue weighted by Gasteiger charge is 2.19. The average molecular weight is 411 g/mol. The number of carbonyl (C=O) groups is 3. The zero-order valence-electron chi connectivity index (χ0n) is 15.9. The van der Waals surface area contributed by atoms with E-state index in [1.807, 2.05) is 4.90 Å². The van der Waals surface area contributed by atoms with Crippen LogP contribution in [0.15, 0.2) is 48.5 Å². The topological polar surface area (TPSA) is 87.7 Å². The Labute approximate surface area is 174 Å². The number of carbonyl (C=O) groups excluding carboxylic acids is 3. The van der Waals surface area contributed by atoms with Crippen LogP contribution in [0.1, 0.15) is 43.9 Å². The van der Waals surface area contributed by atoms with Gasteiger partial charge in [0.2, 0.25) is 0 Å². The van der Waals surface area contributed by atoms with E-state index in [0.29, 0.717) is 22.4 Å². The van der Waals surface area contributed by atoms with Gasteiger partial charge in [0, 0.05) is 29.9 Å². The lowest BCUT2D eigenvalue weighted by Crippen LogP contribution is -2.34. The summed E-state index contributed by atoms with van der Waals surface area (Å²) in [6, 6.07) is 13.0. The van der Waals surface area contributed by atoms with Gasteiger partial charge in [0.15, 0.2) is 5.11 Å². The predicted molar refractivity (Wildman–Crippen MR) is 113 cm³/mol. The molecule has 1 heterocycles. The Morgan fingerprint density at radius 3 is 2.03 bits per heavy atom. The quantitative estimate of drug-likeness (QED) is 0.594. The van der Waals surface area contributed by atoms with Crippen molar-refractivity contribution in [1.82, 2.24) is 10.2 Å². The molecule has 2 N–H and O–H groups in total. The lowest BCUT2D eigenvalue weighted by atomic mass is 10.1. The minimum Gasteiger partial charge on any atom is -0.465 e. The summed E-state index contributed by atoms with van der Waals surface area (Å²) in [6.45, 7) is 1.60. The molecule has 0 aromatic heterocycles. The molecule has 2 aromatic rings. The Bertz CT molecular complexity index is 920. The molecule has 0 radical (unpaired) electrons. The van der Waals surface area contributed by atoms with Gasteiger partial charge in [-0.05, 0) is 73.6 Å². The van der Waals surface area contributed by atoms with Gasteiger partial charge in [-0.1, -0.05) is 0 Å². The standard InChI is InChI=1S/C21H21N3O4S/c1-28-20(27)16-6-4-14(5-7-16)18(25)23-21(29)22-17-10-8-15(9-11-17)19(26)24-12-2-3-13-24/h4-11H,2-3,12-13H2,1H3,(H2,22,23,25,29). The minimum atomic E-state index is -0.471. The summed E-state index contributed by atoms with van der Waals surface area (Å²) in [4.78, 5) is 37.9. The number of hydrogen-bond donors (Lipinski definition) is 2. The van der Waals surface area contributed by atoms with E-state index in [-0.39, 0.29) is 11.0 Å². The molecule has 1 saturated heterocycles. The Morgan fingerprint density at radius 2 is 1.45 bits per heavy atom. The van der Waals surface area contributed by atoms with E-state index >= 15 is 0 Å². The summed E-state index contributed by atoms with van der Waals surface area (Å²) < 4.78 is 4.63.